The highest BCUT2D eigenvalue weighted by Crippen LogP contribution is 2.22. The van der Waals surface area contributed by atoms with E-state index in [0.29, 0.717) is 29.5 Å². The average molecular weight is 402 g/mol. The van der Waals surface area contributed by atoms with Crippen LogP contribution in [0.5, 0.6) is 0 Å². The van der Waals surface area contributed by atoms with Gasteiger partial charge in [-0.3, -0.25) is 4.79 Å². The van der Waals surface area contributed by atoms with Crippen molar-refractivity contribution >= 4 is 29.6 Å². The molecule has 1 atom stereocenters. The maximum Gasteiger partial charge on any atom is 0.331 e. The third-order valence-corrected chi connectivity index (χ3v) is 4.43. The van der Waals surface area contributed by atoms with Crippen molar-refractivity contribution in [2.75, 3.05) is 6.54 Å². The second kappa shape index (κ2) is 9.90. The van der Waals surface area contributed by atoms with E-state index < -0.39 is 12.1 Å². The van der Waals surface area contributed by atoms with Gasteiger partial charge in [0.1, 0.15) is 5.15 Å². The number of benzene rings is 1. The summed E-state index contributed by atoms with van der Waals surface area (Å²) in [5, 5.41) is 7.43. The van der Waals surface area contributed by atoms with E-state index in [1.807, 2.05) is 38.1 Å². The van der Waals surface area contributed by atoms with Gasteiger partial charge in [0.05, 0.1) is 12.2 Å². The van der Waals surface area contributed by atoms with Crippen molar-refractivity contribution in [3.63, 3.8) is 0 Å². The Morgan fingerprint density at radius 2 is 2.00 bits per heavy atom. The molecule has 2 aromatic rings. The number of amides is 1. The van der Waals surface area contributed by atoms with Crippen molar-refractivity contribution < 1.29 is 14.3 Å². The van der Waals surface area contributed by atoms with Crippen LogP contribution in [0.4, 0.5) is 0 Å². The molecule has 1 aromatic heterocycles. The van der Waals surface area contributed by atoms with Crippen molar-refractivity contribution in [1.29, 1.82) is 0 Å². The van der Waals surface area contributed by atoms with Crippen molar-refractivity contribution in [2.24, 2.45) is 0 Å². The predicted molar refractivity (Wildman–Crippen MR) is 110 cm³/mol. The van der Waals surface area contributed by atoms with Crippen LogP contribution in [0.25, 0.3) is 6.08 Å². The maximum absolute atomic E-state index is 12.0. The van der Waals surface area contributed by atoms with E-state index in [4.69, 9.17) is 16.3 Å². The topological polar surface area (TPSA) is 73.2 Å². The predicted octanol–water partition coefficient (Wildman–Crippen LogP) is 3.45. The molecule has 0 unspecified atom stereocenters. The number of carbonyl (C=O) groups is 2. The summed E-state index contributed by atoms with van der Waals surface area (Å²) in [5.74, 6) is -1.02. The fraction of sp³-hybridized carbons (Fsp3) is 0.286. The number of nitrogens with zero attached hydrogens (tertiary/aromatic N) is 2. The van der Waals surface area contributed by atoms with Crippen LogP contribution >= 0.6 is 11.6 Å². The molecule has 0 saturated carbocycles. The molecular formula is C21H24ClN3O3. The van der Waals surface area contributed by atoms with Gasteiger partial charge in [-0.25, -0.2) is 9.48 Å². The average Bonchev–Trinajstić information content (AvgIpc) is 2.92. The Labute approximate surface area is 169 Å². The van der Waals surface area contributed by atoms with Gasteiger partial charge < -0.3 is 10.1 Å². The van der Waals surface area contributed by atoms with Crippen LogP contribution in [-0.2, 0) is 20.9 Å². The number of aromatic nitrogens is 2. The zero-order chi connectivity index (χ0) is 20.7. The Bertz CT molecular complexity index is 885. The number of carbonyl (C=O) groups excluding carboxylic acids is 2. The van der Waals surface area contributed by atoms with Crippen molar-refractivity contribution in [3.8, 4) is 0 Å². The molecule has 0 radical (unpaired) electrons. The van der Waals surface area contributed by atoms with Crippen LogP contribution < -0.4 is 5.32 Å². The first-order valence-electron chi connectivity index (χ1n) is 8.87. The summed E-state index contributed by atoms with van der Waals surface area (Å²) in [5.41, 5.74) is 3.58. The van der Waals surface area contributed by atoms with Crippen molar-refractivity contribution in [1.82, 2.24) is 15.1 Å². The number of ether oxygens (including phenoxy) is 1. The van der Waals surface area contributed by atoms with E-state index in [-0.39, 0.29) is 5.91 Å². The smallest absolute Gasteiger partial charge is 0.331 e. The summed E-state index contributed by atoms with van der Waals surface area (Å²) in [6, 6.07) is 8.11. The van der Waals surface area contributed by atoms with Crippen LogP contribution in [0.3, 0.4) is 0 Å². The standard InChI is InChI=1S/C21H24ClN3O3/c1-5-12-23-21(27)16(4)28-19(26)11-10-18-15(3)24-25(20(18)22)13-17-8-6-14(2)7-9-17/h5-11,16H,1,12-13H2,2-4H3,(H,23,27)/b11-10+/t16-/m0/s1. The Balaban J connectivity index is 2.04. The fourth-order valence-corrected chi connectivity index (χ4v) is 2.76. The Morgan fingerprint density at radius 1 is 1.32 bits per heavy atom. The second-order valence-electron chi connectivity index (χ2n) is 6.38. The van der Waals surface area contributed by atoms with E-state index in [1.165, 1.54) is 18.6 Å². The lowest BCUT2D eigenvalue weighted by Crippen LogP contribution is -2.35. The SMILES string of the molecule is C=CCNC(=O)[C@H](C)OC(=O)/C=C/c1c(C)nn(Cc2ccc(C)cc2)c1Cl. The summed E-state index contributed by atoms with van der Waals surface area (Å²) in [6.07, 6.45) is 3.43. The molecule has 28 heavy (non-hydrogen) atoms. The molecule has 6 nitrogen and oxygen atoms in total. The lowest BCUT2D eigenvalue weighted by atomic mass is 10.1. The monoisotopic (exact) mass is 401 g/mol. The molecule has 0 bridgehead atoms. The van der Waals surface area contributed by atoms with Crippen LogP contribution in [0.1, 0.15) is 29.3 Å². The van der Waals surface area contributed by atoms with E-state index in [1.54, 1.807) is 16.8 Å². The third kappa shape index (κ3) is 5.82. The molecule has 1 heterocycles. The first kappa shape index (κ1) is 21.4. The highest BCUT2D eigenvalue weighted by molar-refractivity contribution is 6.31. The zero-order valence-corrected chi connectivity index (χ0v) is 17.0. The molecule has 7 heteroatoms. The van der Waals surface area contributed by atoms with Gasteiger partial charge in [-0.15, -0.1) is 6.58 Å². The molecule has 0 aliphatic heterocycles. The first-order valence-corrected chi connectivity index (χ1v) is 9.25. The van der Waals surface area contributed by atoms with E-state index >= 15 is 0 Å². The van der Waals surface area contributed by atoms with Gasteiger partial charge in [0.2, 0.25) is 0 Å². The van der Waals surface area contributed by atoms with Crippen LogP contribution in [0.2, 0.25) is 5.15 Å². The molecular weight excluding hydrogens is 378 g/mol. The molecule has 0 saturated heterocycles. The van der Waals surface area contributed by atoms with Gasteiger partial charge in [-0.1, -0.05) is 47.5 Å². The molecule has 1 amide bonds. The highest BCUT2D eigenvalue weighted by Gasteiger charge is 2.16. The van der Waals surface area contributed by atoms with Gasteiger partial charge in [-0.05, 0) is 32.4 Å². The number of hydrogen-bond donors (Lipinski definition) is 1. The minimum Gasteiger partial charge on any atom is -0.449 e. The van der Waals surface area contributed by atoms with E-state index in [0.717, 1.165) is 5.56 Å². The van der Waals surface area contributed by atoms with Gasteiger partial charge in [0.25, 0.3) is 5.91 Å². The lowest BCUT2D eigenvalue weighted by Gasteiger charge is -2.11. The van der Waals surface area contributed by atoms with Gasteiger partial charge >= 0.3 is 5.97 Å². The first-order chi connectivity index (χ1) is 13.3. The van der Waals surface area contributed by atoms with Gasteiger partial charge in [-0.2, -0.15) is 5.10 Å². The normalized spacial score (nSPS) is 12.0. The van der Waals surface area contributed by atoms with Crippen LogP contribution in [-0.4, -0.2) is 34.3 Å². The Kier molecular flexibility index (Phi) is 7.58. The number of halogens is 1. The zero-order valence-electron chi connectivity index (χ0n) is 16.2. The summed E-state index contributed by atoms with van der Waals surface area (Å²) < 4.78 is 6.76. The van der Waals surface area contributed by atoms with Crippen molar-refractivity contribution in [2.45, 2.75) is 33.4 Å². The molecule has 0 spiro atoms. The molecule has 0 fully saturated rings. The van der Waals surface area contributed by atoms with Crippen LogP contribution in [0, 0.1) is 13.8 Å². The number of aryl methyl sites for hydroxylation is 2. The summed E-state index contributed by atoms with van der Waals surface area (Å²) in [7, 11) is 0. The molecule has 1 aromatic carbocycles. The minimum absolute atomic E-state index is 0.311. The summed E-state index contributed by atoms with van der Waals surface area (Å²) >= 11 is 6.43. The summed E-state index contributed by atoms with van der Waals surface area (Å²) in [4.78, 5) is 23.7. The molecule has 1 N–H and O–H groups in total. The minimum atomic E-state index is -0.905. The third-order valence-electron chi connectivity index (χ3n) is 4.03. The molecule has 2 rings (SSSR count). The Morgan fingerprint density at radius 3 is 2.64 bits per heavy atom. The highest BCUT2D eigenvalue weighted by atomic mass is 35.5. The van der Waals surface area contributed by atoms with Crippen LogP contribution in [0.15, 0.2) is 43.0 Å². The van der Waals surface area contributed by atoms with Crippen molar-refractivity contribution in [3.05, 3.63) is 70.5 Å². The fourth-order valence-electron chi connectivity index (χ4n) is 2.46. The molecule has 0 aliphatic rings. The molecule has 0 aliphatic carbocycles. The van der Waals surface area contributed by atoms with E-state index in [2.05, 4.69) is 17.0 Å². The Hall–Kier alpha value is -2.86. The van der Waals surface area contributed by atoms with Gasteiger partial charge in [0.15, 0.2) is 6.10 Å². The number of esters is 1. The second-order valence-corrected chi connectivity index (χ2v) is 6.74. The van der Waals surface area contributed by atoms with Gasteiger partial charge in [0, 0.05) is 18.2 Å². The number of hydrogen-bond acceptors (Lipinski definition) is 4. The largest absolute Gasteiger partial charge is 0.449 e. The lowest BCUT2D eigenvalue weighted by molar-refractivity contribution is -0.150. The number of rotatable bonds is 8. The summed E-state index contributed by atoms with van der Waals surface area (Å²) in [6.45, 7) is 9.69. The molecule has 148 valence electrons. The van der Waals surface area contributed by atoms with E-state index in [9.17, 15) is 9.59 Å². The maximum atomic E-state index is 12.0. The number of nitrogens with one attached hydrogen (secondary N) is 1. The quantitative estimate of drug-likeness (QED) is 0.417.